The third-order valence-corrected chi connectivity index (χ3v) is 2.03. The number of anilines is 1. The molecule has 0 amide bonds. The van der Waals surface area contributed by atoms with E-state index in [1.165, 1.54) is 0 Å². The minimum atomic E-state index is 0.345. The van der Waals surface area contributed by atoms with Crippen LogP contribution in [0.4, 0.5) is 5.95 Å². The van der Waals surface area contributed by atoms with Crippen LogP contribution in [0.2, 0.25) is 0 Å². The fourth-order valence-corrected chi connectivity index (χ4v) is 1.03. The first-order chi connectivity index (χ1) is 5.69. The lowest BCUT2D eigenvalue weighted by Gasteiger charge is -2.08. The highest BCUT2D eigenvalue weighted by molar-refractivity contribution is 5.16. The molecule has 0 spiro atoms. The van der Waals surface area contributed by atoms with E-state index in [1.807, 2.05) is 6.92 Å². The van der Waals surface area contributed by atoms with Gasteiger partial charge in [0.25, 0.3) is 0 Å². The fraction of sp³-hybridized carbons (Fsp3) is 0.750. The van der Waals surface area contributed by atoms with Crippen LogP contribution in [0.5, 0.6) is 0 Å². The number of aromatic nitrogens is 3. The van der Waals surface area contributed by atoms with Crippen molar-refractivity contribution >= 4 is 5.95 Å². The minimum absolute atomic E-state index is 0.345. The molecule has 1 rings (SSSR count). The molecule has 1 aromatic heterocycles. The molecule has 2 N–H and O–H groups in total. The lowest BCUT2D eigenvalue weighted by atomic mass is 10.3. The molecule has 0 bridgehead atoms. The van der Waals surface area contributed by atoms with Crippen LogP contribution in [0.15, 0.2) is 0 Å². The SMILES string of the molecule is CCc1nc(N)n(C(C)CC)n1. The summed E-state index contributed by atoms with van der Waals surface area (Å²) in [7, 11) is 0. The number of rotatable bonds is 3. The van der Waals surface area contributed by atoms with Gasteiger partial charge in [0.1, 0.15) is 0 Å². The van der Waals surface area contributed by atoms with Crippen molar-refractivity contribution in [1.29, 1.82) is 0 Å². The molecule has 0 saturated heterocycles. The zero-order valence-corrected chi connectivity index (χ0v) is 7.91. The third kappa shape index (κ3) is 1.57. The topological polar surface area (TPSA) is 56.7 Å². The Labute approximate surface area is 72.8 Å². The van der Waals surface area contributed by atoms with E-state index in [2.05, 4.69) is 23.9 Å². The van der Waals surface area contributed by atoms with Crippen molar-refractivity contribution in [3.05, 3.63) is 5.82 Å². The van der Waals surface area contributed by atoms with Crippen LogP contribution in [0, 0.1) is 0 Å². The lowest BCUT2D eigenvalue weighted by Crippen LogP contribution is -2.09. The second-order valence-electron chi connectivity index (χ2n) is 2.94. The minimum Gasteiger partial charge on any atom is -0.368 e. The van der Waals surface area contributed by atoms with Gasteiger partial charge in [-0.15, -0.1) is 0 Å². The Morgan fingerprint density at radius 3 is 2.58 bits per heavy atom. The highest BCUT2D eigenvalue weighted by Crippen LogP contribution is 2.12. The zero-order chi connectivity index (χ0) is 9.14. The number of hydrogen-bond acceptors (Lipinski definition) is 3. The van der Waals surface area contributed by atoms with E-state index in [-0.39, 0.29) is 0 Å². The summed E-state index contributed by atoms with van der Waals surface area (Å²) in [5.74, 6) is 1.36. The van der Waals surface area contributed by atoms with Crippen LogP contribution in [-0.4, -0.2) is 14.8 Å². The molecule has 0 radical (unpaired) electrons. The second kappa shape index (κ2) is 3.56. The summed E-state index contributed by atoms with van der Waals surface area (Å²) in [6.07, 6.45) is 1.87. The molecule has 1 aromatic rings. The highest BCUT2D eigenvalue weighted by Gasteiger charge is 2.09. The molecular weight excluding hydrogens is 152 g/mol. The predicted molar refractivity (Wildman–Crippen MR) is 48.8 cm³/mol. The summed E-state index contributed by atoms with van der Waals surface area (Å²) in [4.78, 5) is 4.13. The van der Waals surface area contributed by atoms with Gasteiger partial charge in [-0.2, -0.15) is 10.1 Å². The van der Waals surface area contributed by atoms with Crippen molar-refractivity contribution in [1.82, 2.24) is 14.8 Å². The largest absolute Gasteiger partial charge is 0.368 e. The Morgan fingerprint density at radius 2 is 2.17 bits per heavy atom. The Morgan fingerprint density at radius 1 is 1.50 bits per heavy atom. The molecule has 0 saturated carbocycles. The van der Waals surface area contributed by atoms with Crippen molar-refractivity contribution in [2.45, 2.75) is 39.7 Å². The quantitative estimate of drug-likeness (QED) is 0.742. The van der Waals surface area contributed by atoms with Crippen molar-refractivity contribution in [2.24, 2.45) is 0 Å². The molecule has 1 heterocycles. The summed E-state index contributed by atoms with van der Waals surface area (Å²) >= 11 is 0. The molecule has 0 aliphatic rings. The van der Waals surface area contributed by atoms with Crippen molar-refractivity contribution in [2.75, 3.05) is 5.73 Å². The number of nitrogens with two attached hydrogens (primary N) is 1. The molecule has 68 valence electrons. The van der Waals surface area contributed by atoms with Gasteiger partial charge in [-0.25, -0.2) is 4.68 Å². The van der Waals surface area contributed by atoms with Crippen LogP contribution in [0.1, 0.15) is 39.1 Å². The van der Waals surface area contributed by atoms with Crippen LogP contribution >= 0.6 is 0 Å². The first kappa shape index (κ1) is 9.03. The van der Waals surface area contributed by atoms with E-state index in [1.54, 1.807) is 4.68 Å². The smallest absolute Gasteiger partial charge is 0.218 e. The van der Waals surface area contributed by atoms with E-state index in [0.29, 0.717) is 12.0 Å². The van der Waals surface area contributed by atoms with Crippen molar-refractivity contribution < 1.29 is 0 Å². The molecule has 4 heteroatoms. The van der Waals surface area contributed by atoms with Gasteiger partial charge in [0.05, 0.1) is 6.04 Å². The Hall–Kier alpha value is -1.06. The van der Waals surface area contributed by atoms with E-state index in [4.69, 9.17) is 5.73 Å². The lowest BCUT2D eigenvalue weighted by molar-refractivity contribution is 0.480. The van der Waals surface area contributed by atoms with E-state index in [9.17, 15) is 0 Å². The molecule has 0 fully saturated rings. The Bertz CT molecular complexity index is 254. The highest BCUT2D eigenvalue weighted by atomic mass is 15.4. The summed E-state index contributed by atoms with van der Waals surface area (Å²) in [5, 5.41) is 4.28. The van der Waals surface area contributed by atoms with Crippen molar-refractivity contribution in [3.8, 4) is 0 Å². The number of nitrogen functional groups attached to an aromatic ring is 1. The molecule has 1 unspecified atom stereocenters. The third-order valence-electron chi connectivity index (χ3n) is 2.03. The first-order valence-electron chi connectivity index (χ1n) is 4.39. The van der Waals surface area contributed by atoms with Gasteiger partial charge in [-0.3, -0.25) is 0 Å². The first-order valence-corrected chi connectivity index (χ1v) is 4.39. The number of nitrogens with zero attached hydrogens (tertiary/aromatic N) is 3. The molecule has 0 aliphatic heterocycles. The standard InChI is InChI=1S/C8H16N4/c1-4-6(3)12-8(9)10-7(5-2)11-12/h6H,4-5H2,1-3H3,(H2,9,10,11). The van der Waals surface area contributed by atoms with Crippen LogP contribution < -0.4 is 5.73 Å². The maximum absolute atomic E-state index is 5.68. The zero-order valence-electron chi connectivity index (χ0n) is 7.91. The van der Waals surface area contributed by atoms with Crippen LogP contribution in [-0.2, 0) is 6.42 Å². The van der Waals surface area contributed by atoms with E-state index in [0.717, 1.165) is 18.7 Å². The molecule has 1 atom stereocenters. The van der Waals surface area contributed by atoms with Gasteiger partial charge in [-0.05, 0) is 13.3 Å². The van der Waals surface area contributed by atoms with E-state index < -0.39 is 0 Å². The predicted octanol–water partition coefficient (Wildman–Crippen LogP) is 1.39. The van der Waals surface area contributed by atoms with Crippen LogP contribution in [0.3, 0.4) is 0 Å². The monoisotopic (exact) mass is 168 g/mol. The van der Waals surface area contributed by atoms with Gasteiger partial charge in [0, 0.05) is 6.42 Å². The van der Waals surface area contributed by atoms with Crippen LogP contribution in [0.25, 0.3) is 0 Å². The normalized spacial score (nSPS) is 13.2. The number of aryl methyl sites for hydroxylation is 1. The van der Waals surface area contributed by atoms with Gasteiger partial charge in [0.2, 0.25) is 5.95 Å². The van der Waals surface area contributed by atoms with Gasteiger partial charge < -0.3 is 5.73 Å². The maximum atomic E-state index is 5.68. The molecule has 4 nitrogen and oxygen atoms in total. The fourth-order valence-electron chi connectivity index (χ4n) is 1.03. The summed E-state index contributed by atoms with van der Waals surface area (Å²) in [6, 6.07) is 0.345. The van der Waals surface area contributed by atoms with E-state index >= 15 is 0 Å². The van der Waals surface area contributed by atoms with Crippen molar-refractivity contribution in [3.63, 3.8) is 0 Å². The number of hydrogen-bond donors (Lipinski definition) is 1. The summed E-state index contributed by atoms with van der Waals surface area (Å²) in [6.45, 7) is 6.22. The summed E-state index contributed by atoms with van der Waals surface area (Å²) in [5.41, 5.74) is 5.68. The molecule has 12 heavy (non-hydrogen) atoms. The molecular formula is C8H16N4. The van der Waals surface area contributed by atoms with Gasteiger partial charge >= 0.3 is 0 Å². The maximum Gasteiger partial charge on any atom is 0.218 e. The molecule has 0 aliphatic carbocycles. The average molecular weight is 168 g/mol. The Kier molecular flexibility index (Phi) is 2.68. The Balaban J connectivity index is 2.91. The second-order valence-corrected chi connectivity index (χ2v) is 2.94. The summed E-state index contributed by atoms with van der Waals surface area (Å²) < 4.78 is 1.79. The average Bonchev–Trinajstić information content (AvgIpc) is 2.45. The van der Waals surface area contributed by atoms with Gasteiger partial charge in [0.15, 0.2) is 5.82 Å². The van der Waals surface area contributed by atoms with Gasteiger partial charge in [-0.1, -0.05) is 13.8 Å². The molecule has 0 aromatic carbocycles.